The second-order valence-corrected chi connectivity index (χ2v) is 6.31. The maximum absolute atomic E-state index is 12.2. The Balaban J connectivity index is 1.72. The molecule has 0 aromatic carbocycles. The quantitative estimate of drug-likeness (QED) is 0.895. The van der Waals surface area contributed by atoms with Crippen LogP contribution in [-0.2, 0) is 11.3 Å². The van der Waals surface area contributed by atoms with Gasteiger partial charge in [-0.2, -0.15) is 0 Å². The van der Waals surface area contributed by atoms with Crippen LogP contribution in [0.25, 0.3) is 0 Å². The first kappa shape index (κ1) is 13.6. The summed E-state index contributed by atoms with van der Waals surface area (Å²) in [5, 5.41) is 3.43. The minimum Gasteiger partial charge on any atom is -0.338 e. The average Bonchev–Trinajstić information content (AvgIpc) is 2.44. The van der Waals surface area contributed by atoms with Crippen LogP contribution in [0.3, 0.4) is 0 Å². The fraction of sp³-hybridized carbons (Fsp3) is 0.625. The molecule has 1 amide bonds. The zero-order chi connectivity index (χ0) is 14.0. The molecule has 1 N–H and O–H groups in total. The number of carbonyl (C=O) groups is 1. The van der Waals surface area contributed by atoms with Gasteiger partial charge in [0.05, 0.1) is 0 Å². The molecule has 0 atom stereocenters. The smallest absolute Gasteiger partial charge is 0.222 e. The van der Waals surface area contributed by atoms with Crippen molar-refractivity contribution in [3.63, 3.8) is 0 Å². The van der Waals surface area contributed by atoms with Gasteiger partial charge >= 0.3 is 0 Å². The second-order valence-electron chi connectivity index (χ2n) is 6.31. The number of likely N-dealkylation sites (tertiary alicyclic amines) is 1. The predicted molar refractivity (Wildman–Crippen MR) is 78.2 cm³/mol. The van der Waals surface area contributed by atoms with Gasteiger partial charge in [0.2, 0.25) is 5.91 Å². The number of aryl methyl sites for hydroxylation is 1. The number of hydrogen-bond acceptors (Lipinski definition) is 3. The van der Waals surface area contributed by atoms with Crippen LogP contribution in [-0.4, -0.2) is 35.4 Å². The maximum atomic E-state index is 12.2. The first-order valence-corrected chi connectivity index (χ1v) is 7.57. The van der Waals surface area contributed by atoms with E-state index < -0.39 is 0 Å². The lowest BCUT2D eigenvalue weighted by atomic mass is 9.72. The summed E-state index contributed by atoms with van der Waals surface area (Å²) in [7, 11) is 0. The van der Waals surface area contributed by atoms with Crippen LogP contribution in [0.1, 0.15) is 36.9 Å². The van der Waals surface area contributed by atoms with Crippen molar-refractivity contribution in [1.29, 1.82) is 0 Å². The Morgan fingerprint density at radius 2 is 2.15 bits per heavy atom. The Morgan fingerprint density at radius 1 is 1.35 bits per heavy atom. The zero-order valence-electron chi connectivity index (χ0n) is 12.2. The van der Waals surface area contributed by atoms with E-state index in [1.54, 1.807) is 0 Å². The summed E-state index contributed by atoms with van der Waals surface area (Å²) in [4.78, 5) is 18.5. The largest absolute Gasteiger partial charge is 0.338 e. The van der Waals surface area contributed by atoms with E-state index >= 15 is 0 Å². The van der Waals surface area contributed by atoms with Crippen molar-refractivity contribution < 1.29 is 4.79 Å². The van der Waals surface area contributed by atoms with Crippen LogP contribution >= 0.6 is 0 Å². The molecule has 1 spiro atoms. The first-order chi connectivity index (χ1) is 9.67. The van der Waals surface area contributed by atoms with Crippen molar-refractivity contribution in [2.45, 2.75) is 39.2 Å². The van der Waals surface area contributed by atoms with Crippen LogP contribution in [0.4, 0.5) is 0 Å². The number of nitrogens with one attached hydrogen (secondary N) is 1. The number of carbonyl (C=O) groups excluding carboxylic acids is 1. The highest BCUT2D eigenvalue weighted by Crippen LogP contribution is 2.38. The van der Waals surface area contributed by atoms with Crippen molar-refractivity contribution in [2.24, 2.45) is 5.41 Å². The van der Waals surface area contributed by atoms with E-state index in [0.717, 1.165) is 38.3 Å². The predicted octanol–water partition coefficient (Wildman–Crippen LogP) is 1.88. The SMILES string of the molecule is Cc1cc(CN2CC3(CCNCC3)CCC2=O)ccn1. The summed E-state index contributed by atoms with van der Waals surface area (Å²) in [6.45, 7) is 5.84. The highest BCUT2D eigenvalue weighted by atomic mass is 16.2. The zero-order valence-corrected chi connectivity index (χ0v) is 12.2. The molecule has 0 unspecified atom stereocenters. The Hall–Kier alpha value is -1.42. The molecular weight excluding hydrogens is 250 g/mol. The average molecular weight is 273 g/mol. The molecule has 1 aromatic rings. The molecule has 3 rings (SSSR count). The third-order valence-corrected chi connectivity index (χ3v) is 4.75. The van der Waals surface area contributed by atoms with Gasteiger partial charge in [0, 0.05) is 31.4 Å². The Kier molecular flexibility index (Phi) is 3.74. The molecule has 108 valence electrons. The summed E-state index contributed by atoms with van der Waals surface area (Å²) < 4.78 is 0. The molecule has 3 heterocycles. The van der Waals surface area contributed by atoms with Gasteiger partial charge in [-0.25, -0.2) is 0 Å². The molecule has 0 aliphatic carbocycles. The maximum Gasteiger partial charge on any atom is 0.222 e. The molecule has 2 aliphatic rings. The third-order valence-electron chi connectivity index (χ3n) is 4.75. The van der Waals surface area contributed by atoms with E-state index in [9.17, 15) is 4.79 Å². The van der Waals surface area contributed by atoms with E-state index in [0.29, 0.717) is 17.7 Å². The molecule has 4 nitrogen and oxygen atoms in total. The summed E-state index contributed by atoms with van der Waals surface area (Å²) in [6.07, 6.45) is 6.02. The molecule has 0 radical (unpaired) electrons. The van der Waals surface area contributed by atoms with E-state index in [4.69, 9.17) is 0 Å². The van der Waals surface area contributed by atoms with Gasteiger partial charge in [0.1, 0.15) is 0 Å². The van der Waals surface area contributed by atoms with Crippen molar-refractivity contribution in [3.8, 4) is 0 Å². The molecule has 4 heteroatoms. The highest BCUT2D eigenvalue weighted by Gasteiger charge is 2.39. The minimum absolute atomic E-state index is 0.309. The number of nitrogens with zero attached hydrogens (tertiary/aromatic N) is 2. The van der Waals surface area contributed by atoms with Crippen molar-refractivity contribution in [3.05, 3.63) is 29.6 Å². The van der Waals surface area contributed by atoms with E-state index in [1.807, 2.05) is 19.2 Å². The Morgan fingerprint density at radius 3 is 2.90 bits per heavy atom. The normalized spacial score (nSPS) is 22.2. The van der Waals surface area contributed by atoms with Crippen LogP contribution in [0, 0.1) is 12.3 Å². The summed E-state index contributed by atoms with van der Waals surface area (Å²) in [5.74, 6) is 0.309. The van der Waals surface area contributed by atoms with Crippen LogP contribution in [0.15, 0.2) is 18.3 Å². The molecule has 2 fully saturated rings. The number of amides is 1. The summed E-state index contributed by atoms with van der Waals surface area (Å²) >= 11 is 0. The highest BCUT2D eigenvalue weighted by molar-refractivity contribution is 5.77. The molecule has 20 heavy (non-hydrogen) atoms. The lowest BCUT2D eigenvalue weighted by molar-refractivity contribution is -0.139. The van der Waals surface area contributed by atoms with Crippen molar-refractivity contribution >= 4 is 5.91 Å². The van der Waals surface area contributed by atoms with Gasteiger partial charge in [-0.15, -0.1) is 0 Å². The molecule has 2 aliphatic heterocycles. The Bertz CT molecular complexity index is 494. The number of piperidine rings is 2. The molecule has 1 aromatic heterocycles. The molecule has 2 saturated heterocycles. The lowest BCUT2D eigenvalue weighted by Crippen LogP contribution is -2.50. The number of pyridine rings is 1. The summed E-state index contributed by atoms with van der Waals surface area (Å²) in [6, 6.07) is 4.10. The molecule has 0 saturated carbocycles. The van der Waals surface area contributed by atoms with Crippen LogP contribution in [0.2, 0.25) is 0 Å². The fourth-order valence-corrected chi connectivity index (χ4v) is 3.53. The van der Waals surface area contributed by atoms with E-state index in [-0.39, 0.29) is 0 Å². The van der Waals surface area contributed by atoms with Gasteiger partial charge in [-0.05, 0) is 62.4 Å². The molecular formula is C16H23N3O. The minimum atomic E-state index is 0.309. The number of aromatic nitrogens is 1. The topological polar surface area (TPSA) is 45.2 Å². The Labute approximate surface area is 120 Å². The van der Waals surface area contributed by atoms with Crippen LogP contribution in [0.5, 0.6) is 0 Å². The monoisotopic (exact) mass is 273 g/mol. The van der Waals surface area contributed by atoms with E-state index in [1.165, 1.54) is 18.4 Å². The van der Waals surface area contributed by atoms with Gasteiger partial charge in [-0.1, -0.05) is 0 Å². The number of hydrogen-bond donors (Lipinski definition) is 1. The van der Waals surface area contributed by atoms with E-state index in [2.05, 4.69) is 21.3 Å². The van der Waals surface area contributed by atoms with Gasteiger partial charge < -0.3 is 10.2 Å². The van der Waals surface area contributed by atoms with Crippen LogP contribution < -0.4 is 5.32 Å². The van der Waals surface area contributed by atoms with Gasteiger partial charge in [-0.3, -0.25) is 9.78 Å². The van der Waals surface area contributed by atoms with Crippen molar-refractivity contribution in [2.75, 3.05) is 19.6 Å². The fourth-order valence-electron chi connectivity index (χ4n) is 3.53. The standard InChI is InChI=1S/C16H23N3O/c1-13-10-14(3-7-18-13)11-19-12-16(4-2-15(19)20)5-8-17-9-6-16/h3,7,10,17H,2,4-6,8-9,11-12H2,1H3. The summed E-state index contributed by atoms with van der Waals surface area (Å²) in [5.41, 5.74) is 2.57. The first-order valence-electron chi connectivity index (χ1n) is 7.57. The molecule has 0 bridgehead atoms. The number of rotatable bonds is 2. The second kappa shape index (κ2) is 5.52. The van der Waals surface area contributed by atoms with Gasteiger partial charge in [0.15, 0.2) is 0 Å². The van der Waals surface area contributed by atoms with Gasteiger partial charge in [0.25, 0.3) is 0 Å². The van der Waals surface area contributed by atoms with Crippen molar-refractivity contribution in [1.82, 2.24) is 15.2 Å². The third kappa shape index (κ3) is 2.85. The lowest BCUT2D eigenvalue weighted by Gasteiger charge is -2.45.